The minimum Gasteiger partial charge on any atom is -0.299 e. The van der Waals surface area contributed by atoms with Crippen molar-refractivity contribution in [3.8, 4) is 0 Å². The molecule has 0 aliphatic carbocycles. The van der Waals surface area contributed by atoms with Crippen LogP contribution in [0, 0.1) is 12.5 Å². The second kappa shape index (κ2) is 2.30. The average Bonchev–Trinajstić information content (AvgIpc) is 1.88. The molecular formula is C8H14N. The average molecular weight is 124 g/mol. The van der Waals surface area contributed by atoms with Crippen molar-refractivity contribution in [1.29, 1.82) is 0 Å². The summed E-state index contributed by atoms with van der Waals surface area (Å²) in [5.41, 5.74) is 0. The molecule has 0 atom stereocenters. The number of piperidine rings is 2. The van der Waals surface area contributed by atoms with Gasteiger partial charge in [0, 0.05) is 6.54 Å². The Labute approximate surface area is 57.0 Å². The highest BCUT2D eigenvalue weighted by atomic mass is 15.1. The van der Waals surface area contributed by atoms with Crippen LogP contribution in [0.2, 0.25) is 0 Å². The second-order valence-corrected chi connectivity index (χ2v) is 3.23. The molecule has 0 spiro atoms. The Morgan fingerprint density at radius 1 is 1.11 bits per heavy atom. The van der Waals surface area contributed by atoms with E-state index in [1.54, 1.807) is 0 Å². The molecule has 1 radical (unpaired) electrons. The van der Waals surface area contributed by atoms with Crippen LogP contribution in [0.3, 0.4) is 0 Å². The van der Waals surface area contributed by atoms with E-state index in [0.717, 1.165) is 5.92 Å². The zero-order valence-corrected chi connectivity index (χ0v) is 5.84. The predicted octanol–water partition coefficient (Wildman–Crippen LogP) is 1.65. The summed E-state index contributed by atoms with van der Waals surface area (Å²) in [7, 11) is 0. The Bertz CT molecular complexity index is 80.7. The van der Waals surface area contributed by atoms with Gasteiger partial charge in [-0.15, -0.1) is 0 Å². The maximum Gasteiger partial charge on any atom is 0.0282 e. The van der Waals surface area contributed by atoms with E-state index in [4.69, 9.17) is 0 Å². The third kappa shape index (κ3) is 1.11. The van der Waals surface area contributed by atoms with Gasteiger partial charge in [0.1, 0.15) is 0 Å². The summed E-state index contributed by atoms with van der Waals surface area (Å²) in [6, 6.07) is 0. The molecule has 0 aromatic carbocycles. The Morgan fingerprint density at radius 2 is 1.78 bits per heavy atom. The van der Waals surface area contributed by atoms with Gasteiger partial charge in [0.25, 0.3) is 0 Å². The van der Waals surface area contributed by atoms with Crippen molar-refractivity contribution in [2.45, 2.75) is 25.7 Å². The quantitative estimate of drug-likeness (QED) is 0.474. The van der Waals surface area contributed by atoms with Gasteiger partial charge < -0.3 is 0 Å². The van der Waals surface area contributed by atoms with Crippen molar-refractivity contribution in [3.05, 3.63) is 6.54 Å². The Hall–Kier alpha value is -0.0400. The van der Waals surface area contributed by atoms with Gasteiger partial charge in [0.2, 0.25) is 0 Å². The lowest BCUT2D eigenvalue weighted by atomic mass is 9.90. The van der Waals surface area contributed by atoms with Crippen LogP contribution >= 0.6 is 0 Å². The van der Waals surface area contributed by atoms with Crippen molar-refractivity contribution in [3.63, 3.8) is 0 Å². The molecule has 2 saturated heterocycles. The van der Waals surface area contributed by atoms with Gasteiger partial charge in [-0.25, -0.2) is 0 Å². The highest BCUT2D eigenvalue weighted by Gasteiger charge is 2.23. The number of hydrogen-bond acceptors (Lipinski definition) is 1. The monoisotopic (exact) mass is 124 g/mol. The molecule has 2 bridgehead atoms. The molecule has 0 aromatic heterocycles. The smallest absolute Gasteiger partial charge is 0.0282 e. The van der Waals surface area contributed by atoms with E-state index < -0.39 is 0 Å². The van der Waals surface area contributed by atoms with Crippen LogP contribution in [0.25, 0.3) is 0 Å². The van der Waals surface area contributed by atoms with Gasteiger partial charge >= 0.3 is 0 Å². The lowest BCUT2D eigenvalue weighted by molar-refractivity contribution is 0.177. The van der Waals surface area contributed by atoms with Crippen LogP contribution in [-0.4, -0.2) is 18.0 Å². The number of nitrogens with zero attached hydrogens (tertiary/aromatic N) is 1. The third-order valence-corrected chi connectivity index (χ3v) is 2.46. The molecule has 0 amide bonds. The van der Waals surface area contributed by atoms with Gasteiger partial charge in [-0.3, -0.25) is 4.90 Å². The molecule has 2 fully saturated rings. The van der Waals surface area contributed by atoms with Crippen LogP contribution < -0.4 is 0 Å². The summed E-state index contributed by atoms with van der Waals surface area (Å²) >= 11 is 0. The fraction of sp³-hybridized carbons (Fsp3) is 0.875. The molecule has 51 valence electrons. The first-order chi connectivity index (χ1) is 4.45. The van der Waals surface area contributed by atoms with Crippen molar-refractivity contribution >= 4 is 0 Å². The van der Waals surface area contributed by atoms with E-state index in [-0.39, 0.29) is 0 Å². The number of fused-ring (bicyclic) bond motifs is 2. The standard InChI is InChI=1S/C8H14N/c1-3-8-4-2-6-9(5-1)7-8/h7-8H,1-6H2. The van der Waals surface area contributed by atoms with Crippen LogP contribution in [0.1, 0.15) is 25.7 Å². The summed E-state index contributed by atoms with van der Waals surface area (Å²) in [4.78, 5) is 2.50. The summed E-state index contributed by atoms with van der Waals surface area (Å²) in [6.07, 6.45) is 5.77. The highest BCUT2D eigenvalue weighted by molar-refractivity contribution is 4.86. The van der Waals surface area contributed by atoms with E-state index >= 15 is 0 Å². The van der Waals surface area contributed by atoms with Gasteiger partial charge in [0.15, 0.2) is 0 Å². The van der Waals surface area contributed by atoms with Crippen molar-refractivity contribution in [2.75, 3.05) is 13.1 Å². The predicted molar refractivity (Wildman–Crippen MR) is 37.8 cm³/mol. The van der Waals surface area contributed by atoms with E-state index in [0.29, 0.717) is 0 Å². The molecule has 2 heterocycles. The highest BCUT2D eigenvalue weighted by Crippen LogP contribution is 2.28. The molecule has 0 N–H and O–H groups in total. The molecule has 0 aromatic rings. The fourth-order valence-corrected chi connectivity index (χ4v) is 1.97. The largest absolute Gasteiger partial charge is 0.299 e. The van der Waals surface area contributed by atoms with Gasteiger partial charge in [-0.2, -0.15) is 0 Å². The molecule has 2 aliphatic rings. The molecule has 2 rings (SSSR count). The van der Waals surface area contributed by atoms with Crippen LogP contribution in [0.15, 0.2) is 0 Å². The van der Waals surface area contributed by atoms with Gasteiger partial charge in [0.05, 0.1) is 0 Å². The normalized spacial score (nSPS) is 42.7. The van der Waals surface area contributed by atoms with E-state index in [9.17, 15) is 0 Å². The molecule has 0 unspecified atom stereocenters. The van der Waals surface area contributed by atoms with Crippen molar-refractivity contribution < 1.29 is 0 Å². The minimum atomic E-state index is 0.951. The molecule has 0 saturated carbocycles. The lowest BCUT2D eigenvalue weighted by Gasteiger charge is -2.36. The summed E-state index contributed by atoms with van der Waals surface area (Å²) in [5, 5.41) is 0. The third-order valence-electron chi connectivity index (χ3n) is 2.46. The van der Waals surface area contributed by atoms with E-state index in [2.05, 4.69) is 11.4 Å². The number of rotatable bonds is 0. The summed E-state index contributed by atoms with van der Waals surface area (Å²) in [6.45, 7) is 5.11. The minimum absolute atomic E-state index is 0.951. The van der Waals surface area contributed by atoms with Gasteiger partial charge in [-0.05, 0) is 44.7 Å². The van der Waals surface area contributed by atoms with Crippen molar-refractivity contribution in [2.24, 2.45) is 5.92 Å². The molecule has 1 heteroatoms. The second-order valence-electron chi connectivity index (χ2n) is 3.23. The fourth-order valence-electron chi connectivity index (χ4n) is 1.97. The first-order valence-electron chi connectivity index (χ1n) is 4.04. The zero-order chi connectivity index (χ0) is 6.10. The first-order valence-corrected chi connectivity index (χ1v) is 4.04. The van der Waals surface area contributed by atoms with E-state index in [1.165, 1.54) is 38.8 Å². The Balaban J connectivity index is 1.96. The Morgan fingerprint density at radius 3 is 2.22 bits per heavy atom. The molecule has 2 aliphatic heterocycles. The summed E-state index contributed by atoms with van der Waals surface area (Å²) in [5.74, 6) is 0.951. The van der Waals surface area contributed by atoms with Crippen LogP contribution in [-0.2, 0) is 0 Å². The van der Waals surface area contributed by atoms with E-state index in [1.807, 2.05) is 0 Å². The van der Waals surface area contributed by atoms with Crippen LogP contribution in [0.5, 0.6) is 0 Å². The molecule has 9 heavy (non-hydrogen) atoms. The Kier molecular flexibility index (Phi) is 1.46. The van der Waals surface area contributed by atoms with Gasteiger partial charge in [-0.1, -0.05) is 0 Å². The number of hydrogen-bond donors (Lipinski definition) is 0. The molecular weight excluding hydrogens is 110 g/mol. The first kappa shape index (κ1) is 5.72. The maximum absolute atomic E-state index is 2.50. The molecule has 1 nitrogen and oxygen atoms in total. The van der Waals surface area contributed by atoms with Crippen molar-refractivity contribution in [1.82, 2.24) is 4.90 Å². The summed E-state index contributed by atoms with van der Waals surface area (Å²) < 4.78 is 0. The topological polar surface area (TPSA) is 3.24 Å². The lowest BCUT2D eigenvalue weighted by Crippen LogP contribution is -2.35. The van der Waals surface area contributed by atoms with Crippen LogP contribution in [0.4, 0.5) is 0 Å². The zero-order valence-electron chi connectivity index (χ0n) is 5.84. The SMILES string of the molecule is [CH]1C2CCCN1CCC2. The maximum atomic E-state index is 2.50.